The van der Waals surface area contributed by atoms with Gasteiger partial charge in [-0.25, -0.2) is 9.78 Å². The Kier molecular flexibility index (Phi) is 13.9. The summed E-state index contributed by atoms with van der Waals surface area (Å²) < 4.78 is 7.24. The highest BCUT2D eigenvalue weighted by Crippen LogP contribution is 2.31. The van der Waals surface area contributed by atoms with Gasteiger partial charge in [0.25, 0.3) is 5.51 Å². The van der Waals surface area contributed by atoms with E-state index in [2.05, 4.69) is 26.3 Å². The molecule has 2 aromatic heterocycles. The molecule has 4 aromatic rings. The quantitative estimate of drug-likeness (QED) is 0.114. The van der Waals surface area contributed by atoms with E-state index in [0.29, 0.717) is 13.0 Å². The lowest BCUT2D eigenvalue weighted by molar-refractivity contribution is -0.898. The maximum Gasteiger partial charge on any atom is 0.408 e. The number of rotatable bonds is 12. The van der Waals surface area contributed by atoms with E-state index >= 15 is 0 Å². The fourth-order valence-electron chi connectivity index (χ4n) is 7.64. The Hall–Kier alpha value is -4.90. The van der Waals surface area contributed by atoms with Crippen molar-refractivity contribution in [1.29, 1.82) is 0 Å². The SMILES string of the molecule is Cc1ncsc1-c1ccc([C@H](C)NC(=O)[C@@H]2C[C@@H](O[n+]3csc(-c4ccc([C@H](C)NC(=O)[C@@H]5C[C@@H](O)CN5)cc4)c3C)CN2C(=O)[C@@H](NC(=O)OC(C)(C)C)C(C)(C)C)cc1. The Balaban J connectivity index is 1.18. The summed E-state index contributed by atoms with van der Waals surface area (Å²) in [6.45, 7) is 19.2. The van der Waals surface area contributed by atoms with E-state index in [0.717, 1.165) is 43.4 Å². The number of likely N-dealkylation sites (tertiary alicyclic amines) is 1. The van der Waals surface area contributed by atoms with Gasteiger partial charge in [0.15, 0.2) is 6.10 Å². The molecule has 0 aliphatic carbocycles. The lowest BCUT2D eigenvalue weighted by atomic mass is 9.85. The van der Waals surface area contributed by atoms with Crippen LogP contribution in [0.4, 0.5) is 4.79 Å². The van der Waals surface area contributed by atoms with E-state index in [9.17, 15) is 24.3 Å². The van der Waals surface area contributed by atoms with E-state index in [1.54, 1.807) is 36.8 Å². The number of ether oxygens (including phenoxy) is 1. The zero-order valence-corrected chi connectivity index (χ0v) is 38.3. The van der Waals surface area contributed by atoms with Gasteiger partial charge in [-0.2, -0.15) is 0 Å². The van der Waals surface area contributed by atoms with Crippen molar-refractivity contribution in [3.05, 3.63) is 82.1 Å². The standard InChI is InChI=1S/C45H59N7O7S2/c1-25(48-40(54)35-19-33(53)21-46-35)29-13-17-32(18-14-29)38-28(4)52(24-61-38)59-34-20-36(51(22-34)42(56)39(44(5,6)7)50-43(57)58-45(8,9)10)41(55)49-26(2)30-11-15-31(16-12-30)37-27(3)47-23-60-37/h11-18,23-26,33-36,39,46,53H,19-22H2,1-10H3,(H2-,48,49,50,54,55,57)/p+1/t25-,26-,33+,34+,35-,36-,39+/m0/s1. The highest BCUT2D eigenvalue weighted by molar-refractivity contribution is 7.13. The summed E-state index contributed by atoms with van der Waals surface area (Å²) >= 11 is 3.09. The highest BCUT2D eigenvalue weighted by atomic mass is 32.1. The number of nitrogens with one attached hydrogen (secondary N) is 4. The van der Waals surface area contributed by atoms with Crippen LogP contribution in [0, 0.1) is 19.3 Å². The summed E-state index contributed by atoms with van der Waals surface area (Å²) in [6, 6.07) is 13.1. The molecule has 2 fully saturated rings. The summed E-state index contributed by atoms with van der Waals surface area (Å²) in [6.07, 6.45) is -1.16. The number of aryl methyl sites for hydroxylation is 1. The fourth-order valence-corrected chi connectivity index (χ4v) is 9.40. The van der Waals surface area contributed by atoms with Crippen molar-refractivity contribution >= 4 is 46.5 Å². The van der Waals surface area contributed by atoms with Gasteiger partial charge in [-0.15, -0.1) is 11.3 Å². The Bertz CT molecular complexity index is 2190. The molecule has 14 nitrogen and oxygen atoms in total. The number of benzene rings is 2. The number of hydrogen-bond donors (Lipinski definition) is 5. The first kappa shape index (κ1) is 45.6. The molecule has 0 saturated carbocycles. The van der Waals surface area contributed by atoms with E-state index in [-0.39, 0.29) is 36.9 Å². The summed E-state index contributed by atoms with van der Waals surface area (Å²) in [5, 5.41) is 21.8. The van der Waals surface area contributed by atoms with Gasteiger partial charge in [0.2, 0.25) is 23.4 Å². The molecule has 0 bridgehead atoms. The average Bonchev–Trinajstić information content (AvgIpc) is 4.00. The second kappa shape index (κ2) is 18.6. The van der Waals surface area contributed by atoms with Crippen molar-refractivity contribution in [2.45, 2.75) is 130 Å². The first-order chi connectivity index (χ1) is 28.7. The molecule has 4 amide bonds. The largest absolute Gasteiger partial charge is 0.444 e. The van der Waals surface area contributed by atoms with Crippen LogP contribution < -0.4 is 30.8 Å². The van der Waals surface area contributed by atoms with Gasteiger partial charge in [-0.05, 0) is 75.6 Å². The zero-order valence-electron chi connectivity index (χ0n) is 36.7. The van der Waals surface area contributed by atoms with Gasteiger partial charge >= 0.3 is 6.09 Å². The topological polar surface area (TPSA) is 175 Å². The normalized spacial score (nSPS) is 20.7. The van der Waals surface area contributed by atoms with Crippen LogP contribution in [0.3, 0.4) is 0 Å². The minimum Gasteiger partial charge on any atom is -0.444 e. The van der Waals surface area contributed by atoms with Gasteiger partial charge in [-0.1, -0.05) is 80.6 Å². The van der Waals surface area contributed by atoms with Crippen LogP contribution in [0.1, 0.15) is 103 Å². The second-order valence-electron chi connectivity index (χ2n) is 18.2. The molecule has 7 atom stereocenters. The molecule has 16 heteroatoms. The number of hydrogen-bond acceptors (Lipinski definition) is 11. The maximum atomic E-state index is 14.6. The highest BCUT2D eigenvalue weighted by Gasteiger charge is 2.48. The van der Waals surface area contributed by atoms with Gasteiger partial charge in [0.05, 0.1) is 46.9 Å². The van der Waals surface area contributed by atoms with Gasteiger partial charge in [0.1, 0.15) is 22.6 Å². The zero-order chi connectivity index (χ0) is 44.4. The lowest BCUT2D eigenvalue weighted by Crippen LogP contribution is -2.58. The number of β-amino-alcohol motifs (C(OH)–C–C–N with tert-alkyl or cyclic N) is 1. The third kappa shape index (κ3) is 11.1. The van der Waals surface area contributed by atoms with Crippen molar-refractivity contribution in [2.75, 3.05) is 13.1 Å². The number of alkyl carbamates (subject to hydrolysis) is 1. The molecular weight excluding hydrogens is 815 g/mol. The number of amides is 4. The first-order valence-electron chi connectivity index (χ1n) is 20.8. The Morgan fingerprint density at radius 3 is 1.97 bits per heavy atom. The summed E-state index contributed by atoms with van der Waals surface area (Å²) in [5.74, 6) is -0.866. The van der Waals surface area contributed by atoms with Crippen LogP contribution in [0.15, 0.2) is 59.6 Å². The van der Waals surface area contributed by atoms with Gasteiger partial charge in [0, 0.05) is 24.6 Å². The van der Waals surface area contributed by atoms with Crippen LogP contribution in [-0.2, 0) is 19.1 Å². The first-order valence-corrected chi connectivity index (χ1v) is 22.5. The number of aliphatic hydroxyl groups excluding tert-OH is 1. The van der Waals surface area contributed by atoms with Crippen molar-refractivity contribution in [3.63, 3.8) is 0 Å². The molecule has 4 heterocycles. The van der Waals surface area contributed by atoms with Crippen LogP contribution in [0.2, 0.25) is 0 Å². The predicted molar refractivity (Wildman–Crippen MR) is 236 cm³/mol. The van der Waals surface area contributed by atoms with E-state index in [4.69, 9.17) is 9.57 Å². The Labute approximate surface area is 366 Å². The fraction of sp³-hybridized carbons (Fsp3) is 0.511. The molecule has 5 N–H and O–H groups in total. The smallest absolute Gasteiger partial charge is 0.408 e. The summed E-state index contributed by atoms with van der Waals surface area (Å²) in [7, 11) is 0. The van der Waals surface area contributed by atoms with Crippen molar-refractivity contribution < 1.29 is 38.6 Å². The number of carbonyl (C=O) groups excluding carboxylic acids is 4. The van der Waals surface area contributed by atoms with E-state index in [1.165, 1.54) is 16.2 Å². The average molecular weight is 875 g/mol. The number of nitrogens with zero attached hydrogens (tertiary/aromatic N) is 3. The third-order valence-electron chi connectivity index (χ3n) is 11.0. The molecular formula is C45H60N7O7S2+. The molecule has 0 spiro atoms. The van der Waals surface area contributed by atoms with Crippen LogP contribution in [-0.4, -0.2) is 87.8 Å². The lowest BCUT2D eigenvalue weighted by Gasteiger charge is -2.35. The molecule has 2 saturated heterocycles. The monoisotopic (exact) mass is 874 g/mol. The molecule has 6 rings (SSSR count). The molecule has 61 heavy (non-hydrogen) atoms. The summed E-state index contributed by atoms with van der Waals surface area (Å²) in [5.41, 5.74) is 7.89. The number of aromatic nitrogens is 2. The van der Waals surface area contributed by atoms with Gasteiger partial charge < -0.3 is 36.0 Å². The van der Waals surface area contributed by atoms with Crippen LogP contribution in [0.5, 0.6) is 0 Å². The van der Waals surface area contributed by atoms with Crippen molar-refractivity contribution in [2.24, 2.45) is 5.41 Å². The molecule has 2 aliphatic rings. The molecule has 2 aliphatic heterocycles. The van der Waals surface area contributed by atoms with E-state index < -0.39 is 53.3 Å². The summed E-state index contributed by atoms with van der Waals surface area (Å²) in [4.78, 5) is 69.2. The Morgan fingerprint density at radius 2 is 1.44 bits per heavy atom. The van der Waals surface area contributed by atoms with Crippen molar-refractivity contribution in [1.82, 2.24) is 31.2 Å². The minimum absolute atomic E-state index is 0.113. The molecule has 2 aromatic carbocycles. The molecule has 0 unspecified atom stereocenters. The maximum absolute atomic E-state index is 14.6. The predicted octanol–water partition coefficient (Wildman–Crippen LogP) is 5.56. The Morgan fingerprint density at radius 1 is 0.852 bits per heavy atom. The third-order valence-corrected chi connectivity index (χ3v) is 13.1. The number of carbonyl (C=O) groups is 4. The van der Waals surface area contributed by atoms with Crippen LogP contribution in [0.25, 0.3) is 20.9 Å². The van der Waals surface area contributed by atoms with Gasteiger partial charge in [-0.3, -0.25) is 19.2 Å². The van der Waals surface area contributed by atoms with Crippen LogP contribution >= 0.6 is 22.7 Å². The number of thiazole rings is 2. The second-order valence-corrected chi connectivity index (χ2v) is 19.9. The molecule has 0 radical (unpaired) electrons. The van der Waals surface area contributed by atoms with E-state index in [1.807, 2.05) is 108 Å². The number of aliphatic hydroxyl groups is 1. The molecule has 328 valence electrons. The minimum atomic E-state index is -0.995. The van der Waals surface area contributed by atoms with Crippen molar-refractivity contribution in [3.8, 4) is 20.9 Å².